The smallest absolute Gasteiger partial charge is 0.141 e. The Hall–Kier alpha value is -0.700. The van der Waals surface area contributed by atoms with Crippen LogP contribution >= 0.6 is 15.9 Å². The van der Waals surface area contributed by atoms with Crippen LogP contribution in [0.25, 0.3) is 0 Å². The molecule has 0 heterocycles. The number of rotatable bonds is 1. The fraction of sp³-hybridized carbons (Fsp3) is 0.417. The van der Waals surface area contributed by atoms with Crippen molar-refractivity contribution in [1.29, 1.82) is 0 Å². The molecule has 1 nitrogen and oxygen atoms in total. The minimum absolute atomic E-state index is 0.179. The monoisotopic (exact) mass is 270 g/mol. The molecule has 80 valence electrons. The zero-order valence-electron chi connectivity index (χ0n) is 8.30. The van der Waals surface area contributed by atoms with E-state index in [-0.39, 0.29) is 17.5 Å². The molecule has 0 amide bonds. The standard InChI is InChI=1S/C12H12BrFO/c13-10-6-3-5-9(12(10)14)8-4-1-2-7-11(8)15/h3,5-6,8H,1-2,4,7H2. The van der Waals surface area contributed by atoms with E-state index in [0.717, 1.165) is 19.3 Å². The van der Waals surface area contributed by atoms with Crippen LogP contribution in [0.4, 0.5) is 4.39 Å². The summed E-state index contributed by atoms with van der Waals surface area (Å²) in [5.74, 6) is -0.327. The molecule has 1 atom stereocenters. The second-order valence-corrected chi connectivity index (χ2v) is 4.76. The lowest BCUT2D eigenvalue weighted by atomic mass is 9.83. The predicted octanol–water partition coefficient (Wildman–Crippen LogP) is 3.81. The van der Waals surface area contributed by atoms with E-state index in [1.165, 1.54) is 0 Å². The summed E-state index contributed by atoms with van der Waals surface area (Å²) >= 11 is 3.15. The Labute approximate surface area is 96.8 Å². The second-order valence-electron chi connectivity index (χ2n) is 3.91. The molecule has 1 aliphatic carbocycles. The van der Waals surface area contributed by atoms with Crippen LogP contribution in [0.2, 0.25) is 0 Å². The molecule has 0 aliphatic heterocycles. The average molecular weight is 271 g/mol. The Kier molecular flexibility index (Phi) is 3.19. The highest BCUT2D eigenvalue weighted by molar-refractivity contribution is 9.10. The van der Waals surface area contributed by atoms with Gasteiger partial charge in [-0.3, -0.25) is 4.79 Å². The summed E-state index contributed by atoms with van der Waals surface area (Å²) in [4.78, 5) is 11.7. The largest absolute Gasteiger partial charge is 0.299 e. The molecule has 15 heavy (non-hydrogen) atoms. The summed E-state index contributed by atoms with van der Waals surface area (Å²) in [6.45, 7) is 0. The van der Waals surface area contributed by atoms with Crippen LogP contribution in [-0.2, 0) is 4.79 Å². The SMILES string of the molecule is O=C1CCCCC1c1cccc(Br)c1F. The zero-order valence-corrected chi connectivity index (χ0v) is 9.89. The summed E-state index contributed by atoms with van der Waals surface area (Å²) in [5.41, 5.74) is 0.550. The molecule has 0 N–H and O–H groups in total. The van der Waals surface area contributed by atoms with Gasteiger partial charge in [-0.05, 0) is 40.4 Å². The normalized spacial score (nSPS) is 21.7. The Balaban J connectivity index is 2.35. The van der Waals surface area contributed by atoms with E-state index in [0.29, 0.717) is 16.5 Å². The number of carbonyl (C=O) groups excluding carboxylic acids is 1. The highest BCUT2D eigenvalue weighted by atomic mass is 79.9. The van der Waals surface area contributed by atoms with E-state index in [9.17, 15) is 9.18 Å². The molecule has 0 radical (unpaired) electrons. The van der Waals surface area contributed by atoms with Crippen molar-refractivity contribution in [3.05, 3.63) is 34.1 Å². The first-order chi connectivity index (χ1) is 7.20. The van der Waals surface area contributed by atoms with Crippen LogP contribution in [0.5, 0.6) is 0 Å². The molecule has 0 spiro atoms. The quantitative estimate of drug-likeness (QED) is 0.759. The summed E-state index contributed by atoms with van der Waals surface area (Å²) in [7, 11) is 0. The molecule has 3 heteroatoms. The van der Waals surface area contributed by atoms with Gasteiger partial charge in [-0.2, -0.15) is 0 Å². The lowest BCUT2D eigenvalue weighted by molar-refractivity contribution is -0.121. The molecule has 1 aromatic rings. The Bertz CT molecular complexity index is 389. The van der Waals surface area contributed by atoms with Crippen molar-refractivity contribution in [2.45, 2.75) is 31.6 Å². The first-order valence-corrected chi connectivity index (χ1v) is 5.96. The van der Waals surface area contributed by atoms with Gasteiger partial charge in [-0.25, -0.2) is 4.39 Å². The van der Waals surface area contributed by atoms with Crippen LogP contribution in [0.3, 0.4) is 0 Å². The number of hydrogen-bond donors (Lipinski definition) is 0. The first-order valence-electron chi connectivity index (χ1n) is 5.17. The Morgan fingerprint density at radius 3 is 2.87 bits per heavy atom. The van der Waals surface area contributed by atoms with Gasteiger partial charge < -0.3 is 0 Å². The van der Waals surface area contributed by atoms with Gasteiger partial charge in [0.1, 0.15) is 11.6 Å². The van der Waals surface area contributed by atoms with E-state index in [4.69, 9.17) is 0 Å². The molecule has 1 aliphatic rings. The highest BCUT2D eigenvalue weighted by Gasteiger charge is 2.26. The summed E-state index contributed by atoms with van der Waals surface area (Å²) in [6.07, 6.45) is 3.34. The molecular formula is C12H12BrFO. The number of Topliss-reactive ketones (excluding diaryl/α,β-unsaturated/α-hetero) is 1. The number of hydrogen-bond acceptors (Lipinski definition) is 1. The summed E-state index contributed by atoms with van der Waals surface area (Å²) in [6, 6.07) is 5.16. The molecule has 0 bridgehead atoms. The highest BCUT2D eigenvalue weighted by Crippen LogP contribution is 2.33. The maximum absolute atomic E-state index is 13.8. The zero-order chi connectivity index (χ0) is 10.8. The first kappa shape index (κ1) is 10.8. The van der Waals surface area contributed by atoms with Crippen molar-refractivity contribution in [2.75, 3.05) is 0 Å². The van der Waals surface area contributed by atoms with Gasteiger partial charge in [0, 0.05) is 12.3 Å². The van der Waals surface area contributed by atoms with Crippen molar-refractivity contribution in [1.82, 2.24) is 0 Å². The minimum atomic E-state index is -0.280. The molecule has 1 saturated carbocycles. The Morgan fingerprint density at radius 1 is 1.33 bits per heavy atom. The predicted molar refractivity (Wildman–Crippen MR) is 60.3 cm³/mol. The minimum Gasteiger partial charge on any atom is -0.299 e. The van der Waals surface area contributed by atoms with E-state index in [2.05, 4.69) is 15.9 Å². The van der Waals surface area contributed by atoms with E-state index >= 15 is 0 Å². The molecule has 0 aromatic heterocycles. The lowest BCUT2D eigenvalue weighted by Gasteiger charge is -2.21. The van der Waals surface area contributed by atoms with Crippen molar-refractivity contribution < 1.29 is 9.18 Å². The van der Waals surface area contributed by atoms with Gasteiger partial charge in [0.25, 0.3) is 0 Å². The van der Waals surface area contributed by atoms with Gasteiger partial charge >= 0.3 is 0 Å². The van der Waals surface area contributed by atoms with Crippen molar-refractivity contribution in [3.8, 4) is 0 Å². The maximum Gasteiger partial charge on any atom is 0.141 e. The molecular weight excluding hydrogens is 259 g/mol. The third-order valence-corrected chi connectivity index (χ3v) is 3.52. The maximum atomic E-state index is 13.8. The van der Waals surface area contributed by atoms with E-state index < -0.39 is 0 Å². The van der Waals surface area contributed by atoms with Crippen LogP contribution in [-0.4, -0.2) is 5.78 Å². The number of halogens is 2. The fourth-order valence-corrected chi connectivity index (χ4v) is 2.48. The molecule has 0 saturated heterocycles. The van der Waals surface area contributed by atoms with Gasteiger partial charge in [0.2, 0.25) is 0 Å². The summed E-state index contributed by atoms with van der Waals surface area (Å²) < 4.78 is 14.2. The third-order valence-electron chi connectivity index (χ3n) is 2.91. The topological polar surface area (TPSA) is 17.1 Å². The third kappa shape index (κ3) is 2.12. The van der Waals surface area contributed by atoms with Crippen LogP contribution in [0.1, 0.15) is 37.2 Å². The van der Waals surface area contributed by atoms with Crippen LogP contribution in [0.15, 0.2) is 22.7 Å². The number of benzene rings is 1. The molecule has 1 unspecified atom stereocenters. The summed E-state index contributed by atoms with van der Waals surface area (Å²) in [5, 5.41) is 0. The van der Waals surface area contributed by atoms with Crippen molar-refractivity contribution >= 4 is 21.7 Å². The molecule has 1 aromatic carbocycles. The second kappa shape index (κ2) is 4.44. The van der Waals surface area contributed by atoms with Gasteiger partial charge in [0.15, 0.2) is 0 Å². The lowest BCUT2D eigenvalue weighted by Crippen LogP contribution is -2.18. The molecule has 1 fully saturated rings. The molecule has 2 rings (SSSR count). The van der Waals surface area contributed by atoms with Crippen LogP contribution < -0.4 is 0 Å². The van der Waals surface area contributed by atoms with E-state index in [1.54, 1.807) is 18.2 Å². The van der Waals surface area contributed by atoms with Gasteiger partial charge in [-0.15, -0.1) is 0 Å². The van der Waals surface area contributed by atoms with Crippen molar-refractivity contribution in [2.24, 2.45) is 0 Å². The van der Waals surface area contributed by atoms with Crippen LogP contribution in [0, 0.1) is 5.82 Å². The van der Waals surface area contributed by atoms with E-state index in [1.807, 2.05) is 0 Å². The fourth-order valence-electron chi connectivity index (χ4n) is 2.10. The van der Waals surface area contributed by atoms with Crippen molar-refractivity contribution in [3.63, 3.8) is 0 Å². The van der Waals surface area contributed by atoms with Gasteiger partial charge in [-0.1, -0.05) is 18.6 Å². The number of carbonyl (C=O) groups is 1. The number of ketones is 1. The average Bonchev–Trinajstić information content (AvgIpc) is 2.23. The Morgan fingerprint density at radius 2 is 2.13 bits per heavy atom. The van der Waals surface area contributed by atoms with Gasteiger partial charge in [0.05, 0.1) is 4.47 Å².